The summed E-state index contributed by atoms with van der Waals surface area (Å²) in [5.74, 6) is 0. The number of hydrogen-bond donors (Lipinski definition) is 1. The second kappa shape index (κ2) is 5.24. The zero-order chi connectivity index (χ0) is 10.8. The van der Waals surface area contributed by atoms with Gasteiger partial charge in [-0.05, 0) is 47.9 Å². The molecular formula is C13H13Cl2N. The maximum atomic E-state index is 5.84. The molecule has 0 aliphatic heterocycles. The van der Waals surface area contributed by atoms with Crippen LogP contribution < -0.4 is 5.73 Å². The standard InChI is InChI=1S/C13H12ClN.ClH/c1-9-8-12(15)6-7-13(9)10-2-4-11(14)5-3-10;/h2-8H,15H2,1H3;1H. The van der Waals surface area contributed by atoms with Gasteiger partial charge in [-0.1, -0.05) is 29.8 Å². The molecule has 2 N–H and O–H groups in total. The van der Waals surface area contributed by atoms with Crippen LogP contribution in [0, 0.1) is 6.92 Å². The number of nitrogens with two attached hydrogens (primary N) is 1. The van der Waals surface area contributed by atoms with E-state index >= 15 is 0 Å². The van der Waals surface area contributed by atoms with Crippen LogP contribution in [-0.4, -0.2) is 0 Å². The maximum Gasteiger partial charge on any atom is 0.0406 e. The molecule has 0 saturated carbocycles. The maximum absolute atomic E-state index is 5.84. The van der Waals surface area contributed by atoms with E-state index < -0.39 is 0 Å². The molecule has 1 nitrogen and oxygen atoms in total. The minimum atomic E-state index is 0. The molecule has 0 spiro atoms. The number of halogens is 2. The molecule has 0 unspecified atom stereocenters. The SMILES string of the molecule is Cc1cc(N)ccc1-c1ccc(Cl)cc1.Cl. The van der Waals surface area contributed by atoms with Gasteiger partial charge in [-0.3, -0.25) is 0 Å². The summed E-state index contributed by atoms with van der Waals surface area (Å²) in [5.41, 5.74) is 10.0. The minimum Gasteiger partial charge on any atom is -0.399 e. The largest absolute Gasteiger partial charge is 0.399 e. The summed E-state index contributed by atoms with van der Waals surface area (Å²) < 4.78 is 0. The van der Waals surface area contributed by atoms with E-state index in [4.69, 9.17) is 17.3 Å². The molecule has 0 bridgehead atoms. The Morgan fingerprint density at radius 3 is 2.19 bits per heavy atom. The highest BCUT2D eigenvalue weighted by molar-refractivity contribution is 6.30. The molecule has 0 fully saturated rings. The number of nitrogen functional groups attached to an aromatic ring is 1. The predicted octanol–water partition coefficient (Wildman–Crippen LogP) is 4.32. The van der Waals surface area contributed by atoms with Crippen LogP contribution in [0.2, 0.25) is 5.02 Å². The Balaban J connectivity index is 0.00000128. The van der Waals surface area contributed by atoms with Crippen molar-refractivity contribution in [2.45, 2.75) is 6.92 Å². The van der Waals surface area contributed by atoms with Gasteiger partial charge in [0.1, 0.15) is 0 Å². The fourth-order valence-corrected chi connectivity index (χ4v) is 1.77. The van der Waals surface area contributed by atoms with Crippen LogP contribution in [-0.2, 0) is 0 Å². The lowest BCUT2D eigenvalue weighted by molar-refractivity contribution is 1.46. The van der Waals surface area contributed by atoms with E-state index in [1.165, 1.54) is 11.1 Å². The van der Waals surface area contributed by atoms with Crippen molar-refractivity contribution >= 4 is 29.7 Å². The molecule has 3 heteroatoms. The summed E-state index contributed by atoms with van der Waals surface area (Å²) in [6.45, 7) is 2.06. The first-order valence-electron chi connectivity index (χ1n) is 4.79. The second-order valence-corrected chi connectivity index (χ2v) is 4.02. The van der Waals surface area contributed by atoms with Gasteiger partial charge in [-0.25, -0.2) is 0 Å². The molecule has 0 aliphatic carbocycles. The van der Waals surface area contributed by atoms with Crippen molar-refractivity contribution in [2.75, 3.05) is 5.73 Å². The first kappa shape index (κ1) is 12.9. The third-order valence-electron chi connectivity index (χ3n) is 2.41. The minimum absolute atomic E-state index is 0. The Morgan fingerprint density at radius 2 is 1.62 bits per heavy atom. The van der Waals surface area contributed by atoms with Crippen molar-refractivity contribution in [3.8, 4) is 11.1 Å². The summed E-state index contributed by atoms with van der Waals surface area (Å²) in [7, 11) is 0. The summed E-state index contributed by atoms with van der Waals surface area (Å²) in [6, 6.07) is 13.7. The van der Waals surface area contributed by atoms with E-state index in [2.05, 4.69) is 6.92 Å². The molecule has 0 saturated heterocycles. The summed E-state index contributed by atoms with van der Waals surface area (Å²) in [5, 5.41) is 0.756. The fourth-order valence-electron chi connectivity index (χ4n) is 1.64. The normalized spacial score (nSPS) is 9.62. The number of benzene rings is 2. The number of hydrogen-bond acceptors (Lipinski definition) is 1. The van der Waals surface area contributed by atoms with Crippen LogP contribution in [0.4, 0.5) is 5.69 Å². The molecule has 0 atom stereocenters. The highest BCUT2D eigenvalue weighted by atomic mass is 35.5. The van der Waals surface area contributed by atoms with Crippen molar-refractivity contribution in [2.24, 2.45) is 0 Å². The van der Waals surface area contributed by atoms with Crippen molar-refractivity contribution < 1.29 is 0 Å². The predicted molar refractivity (Wildman–Crippen MR) is 73.3 cm³/mol. The van der Waals surface area contributed by atoms with Gasteiger partial charge in [0.15, 0.2) is 0 Å². The molecule has 2 aromatic rings. The van der Waals surface area contributed by atoms with E-state index in [9.17, 15) is 0 Å². The van der Waals surface area contributed by atoms with Gasteiger partial charge in [0, 0.05) is 10.7 Å². The van der Waals surface area contributed by atoms with E-state index in [1.807, 2.05) is 42.5 Å². The van der Waals surface area contributed by atoms with Gasteiger partial charge in [0.2, 0.25) is 0 Å². The first-order chi connectivity index (χ1) is 7.16. The third kappa shape index (κ3) is 2.69. The number of anilines is 1. The van der Waals surface area contributed by atoms with Crippen molar-refractivity contribution in [1.29, 1.82) is 0 Å². The van der Waals surface area contributed by atoms with Crippen LogP contribution in [0.15, 0.2) is 42.5 Å². The quantitative estimate of drug-likeness (QED) is 0.753. The Labute approximate surface area is 107 Å². The molecule has 2 rings (SSSR count). The van der Waals surface area contributed by atoms with Gasteiger partial charge in [-0.15, -0.1) is 12.4 Å². The molecule has 0 amide bonds. The molecular weight excluding hydrogens is 241 g/mol. The molecule has 0 heterocycles. The van der Waals surface area contributed by atoms with Crippen molar-refractivity contribution in [3.63, 3.8) is 0 Å². The third-order valence-corrected chi connectivity index (χ3v) is 2.66. The van der Waals surface area contributed by atoms with Crippen LogP contribution in [0.1, 0.15) is 5.56 Å². The fraction of sp³-hybridized carbons (Fsp3) is 0.0769. The lowest BCUT2D eigenvalue weighted by Gasteiger charge is -2.06. The molecule has 0 radical (unpaired) electrons. The molecule has 2 aromatic carbocycles. The number of aryl methyl sites for hydroxylation is 1. The monoisotopic (exact) mass is 253 g/mol. The Bertz CT molecular complexity index is 478. The lowest BCUT2D eigenvalue weighted by Crippen LogP contribution is -1.88. The van der Waals surface area contributed by atoms with Crippen LogP contribution in [0.3, 0.4) is 0 Å². The molecule has 0 aromatic heterocycles. The van der Waals surface area contributed by atoms with Crippen molar-refractivity contribution in [3.05, 3.63) is 53.1 Å². The summed E-state index contributed by atoms with van der Waals surface area (Å²) in [4.78, 5) is 0. The van der Waals surface area contributed by atoms with Gasteiger partial charge in [0.05, 0.1) is 0 Å². The Morgan fingerprint density at radius 1 is 1.00 bits per heavy atom. The highest BCUT2D eigenvalue weighted by Gasteiger charge is 2.01. The van der Waals surface area contributed by atoms with Crippen molar-refractivity contribution in [1.82, 2.24) is 0 Å². The Kier molecular flexibility index (Phi) is 4.22. The zero-order valence-electron chi connectivity index (χ0n) is 8.91. The first-order valence-corrected chi connectivity index (χ1v) is 5.17. The molecule has 84 valence electrons. The van der Waals surface area contributed by atoms with Crippen LogP contribution in [0.25, 0.3) is 11.1 Å². The lowest BCUT2D eigenvalue weighted by atomic mass is 10.0. The average Bonchev–Trinajstić information content (AvgIpc) is 2.20. The zero-order valence-corrected chi connectivity index (χ0v) is 10.5. The Hall–Kier alpha value is -1.18. The summed E-state index contributed by atoms with van der Waals surface area (Å²) >= 11 is 5.84. The van der Waals surface area contributed by atoms with Gasteiger partial charge >= 0.3 is 0 Å². The van der Waals surface area contributed by atoms with E-state index in [0.717, 1.165) is 16.3 Å². The average molecular weight is 254 g/mol. The van der Waals surface area contributed by atoms with E-state index in [-0.39, 0.29) is 12.4 Å². The van der Waals surface area contributed by atoms with Crippen LogP contribution in [0.5, 0.6) is 0 Å². The van der Waals surface area contributed by atoms with Gasteiger partial charge in [-0.2, -0.15) is 0 Å². The highest BCUT2D eigenvalue weighted by Crippen LogP contribution is 2.26. The number of rotatable bonds is 1. The smallest absolute Gasteiger partial charge is 0.0406 e. The van der Waals surface area contributed by atoms with E-state index in [1.54, 1.807) is 0 Å². The van der Waals surface area contributed by atoms with Gasteiger partial charge < -0.3 is 5.73 Å². The summed E-state index contributed by atoms with van der Waals surface area (Å²) in [6.07, 6.45) is 0. The van der Waals surface area contributed by atoms with Gasteiger partial charge in [0.25, 0.3) is 0 Å². The topological polar surface area (TPSA) is 26.0 Å². The van der Waals surface area contributed by atoms with Crippen LogP contribution >= 0.6 is 24.0 Å². The molecule has 16 heavy (non-hydrogen) atoms. The molecule has 0 aliphatic rings. The second-order valence-electron chi connectivity index (χ2n) is 3.58. The van der Waals surface area contributed by atoms with E-state index in [0.29, 0.717) is 0 Å².